The summed E-state index contributed by atoms with van der Waals surface area (Å²) in [6, 6.07) is 21.2. The predicted octanol–water partition coefficient (Wildman–Crippen LogP) is 3.74. The van der Waals surface area contributed by atoms with Gasteiger partial charge in [-0.1, -0.05) is 30.3 Å². The van der Waals surface area contributed by atoms with E-state index in [2.05, 4.69) is 10.5 Å². The highest BCUT2D eigenvalue weighted by Crippen LogP contribution is 2.28. The van der Waals surface area contributed by atoms with E-state index in [0.29, 0.717) is 23.7 Å². The van der Waals surface area contributed by atoms with E-state index < -0.39 is 0 Å². The fourth-order valence-electron chi connectivity index (χ4n) is 2.45. The normalized spacial score (nSPS) is 10.6. The van der Waals surface area contributed by atoms with Crippen molar-refractivity contribution in [2.45, 2.75) is 6.61 Å². The van der Waals surface area contributed by atoms with E-state index in [4.69, 9.17) is 9.47 Å². The molecule has 0 aliphatic rings. The van der Waals surface area contributed by atoms with Crippen molar-refractivity contribution >= 4 is 12.1 Å². The highest BCUT2D eigenvalue weighted by Gasteiger charge is 2.11. The summed E-state index contributed by atoms with van der Waals surface area (Å²) in [5.74, 6) is 0.812. The Hall–Kier alpha value is -3.80. The third-order valence-corrected chi connectivity index (χ3v) is 3.94. The fourth-order valence-corrected chi connectivity index (χ4v) is 2.45. The molecule has 0 bridgehead atoms. The average molecular weight is 376 g/mol. The van der Waals surface area contributed by atoms with Gasteiger partial charge in [0.25, 0.3) is 5.91 Å². The Morgan fingerprint density at radius 1 is 1.04 bits per heavy atom. The molecule has 3 rings (SSSR count). The average Bonchev–Trinajstić information content (AvgIpc) is 2.74. The lowest BCUT2D eigenvalue weighted by Crippen LogP contribution is -2.17. The zero-order valence-electron chi connectivity index (χ0n) is 15.3. The number of aromatic hydroxyl groups is 1. The highest BCUT2D eigenvalue weighted by atomic mass is 16.5. The molecule has 0 aromatic heterocycles. The van der Waals surface area contributed by atoms with Crippen LogP contribution in [0.2, 0.25) is 0 Å². The van der Waals surface area contributed by atoms with Crippen molar-refractivity contribution in [1.82, 2.24) is 5.43 Å². The third-order valence-electron chi connectivity index (χ3n) is 3.94. The monoisotopic (exact) mass is 376 g/mol. The molecule has 0 spiro atoms. The van der Waals surface area contributed by atoms with Crippen LogP contribution in [0.15, 0.2) is 77.9 Å². The van der Waals surface area contributed by atoms with Gasteiger partial charge < -0.3 is 14.6 Å². The summed E-state index contributed by atoms with van der Waals surface area (Å²) in [5.41, 5.74) is 4.64. The fraction of sp³-hybridized carbons (Fsp3) is 0.0909. The number of rotatable bonds is 7. The summed E-state index contributed by atoms with van der Waals surface area (Å²) in [5, 5.41) is 13.2. The highest BCUT2D eigenvalue weighted by molar-refractivity contribution is 5.95. The molecule has 0 heterocycles. The van der Waals surface area contributed by atoms with Crippen LogP contribution in [0.25, 0.3) is 0 Å². The zero-order chi connectivity index (χ0) is 19.8. The van der Waals surface area contributed by atoms with Crippen molar-refractivity contribution in [2.75, 3.05) is 7.11 Å². The largest absolute Gasteiger partial charge is 0.508 e. The number of benzene rings is 3. The smallest absolute Gasteiger partial charge is 0.271 e. The van der Waals surface area contributed by atoms with Crippen molar-refractivity contribution in [3.8, 4) is 17.2 Å². The molecule has 0 fully saturated rings. The van der Waals surface area contributed by atoms with Gasteiger partial charge in [-0.15, -0.1) is 0 Å². The molecule has 0 unspecified atom stereocenters. The van der Waals surface area contributed by atoms with Gasteiger partial charge in [0.2, 0.25) is 0 Å². The molecular formula is C22H20N2O4. The van der Waals surface area contributed by atoms with Crippen LogP contribution in [-0.4, -0.2) is 24.3 Å². The summed E-state index contributed by atoms with van der Waals surface area (Å²) in [6.07, 6.45) is 1.49. The molecule has 6 heteroatoms. The van der Waals surface area contributed by atoms with Crippen LogP contribution in [0.4, 0.5) is 0 Å². The molecule has 1 amide bonds. The van der Waals surface area contributed by atoms with Crippen LogP contribution in [0.1, 0.15) is 21.5 Å². The van der Waals surface area contributed by atoms with Crippen LogP contribution in [0, 0.1) is 0 Å². The molecule has 28 heavy (non-hydrogen) atoms. The predicted molar refractivity (Wildman–Crippen MR) is 107 cm³/mol. The molecular weight excluding hydrogens is 356 g/mol. The van der Waals surface area contributed by atoms with Crippen molar-refractivity contribution in [2.24, 2.45) is 5.10 Å². The molecule has 0 aliphatic heterocycles. The number of hydrazone groups is 1. The van der Waals surface area contributed by atoms with E-state index in [1.165, 1.54) is 13.3 Å². The van der Waals surface area contributed by atoms with Crippen molar-refractivity contribution in [3.05, 3.63) is 89.5 Å². The second-order valence-corrected chi connectivity index (χ2v) is 5.93. The summed E-state index contributed by atoms with van der Waals surface area (Å²) in [6.45, 7) is 0.402. The first kappa shape index (κ1) is 19.0. The number of amides is 1. The van der Waals surface area contributed by atoms with E-state index in [-0.39, 0.29) is 11.7 Å². The van der Waals surface area contributed by atoms with Gasteiger partial charge in [-0.05, 0) is 53.6 Å². The summed E-state index contributed by atoms with van der Waals surface area (Å²) < 4.78 is 11.1. The molecule has 3 aromatic carbocycles. The number of nitrogens with zero attached hydrogens (tertiary/aromatic N) is 1. The van der Waals surface area contributed by atoms with Crippen molar-refractivity contribution in [3.63, 3.8) is 0 Å². The zero-order valence-corrected chi connectivity index (χ0v) is 15.3. The maximum absolute atomic E-state index is 12.3. The van der Waals surface area contributed by atoms with E-state index in [9.17, 15) is 9.90 Å². The number of hydrogen-bond acceptors (Lipinski definition) is 5. The van der Waals surface area contributed by atoms with Gasteiger partial charge in [-0.3, -0.25) is 4.79 Å². The second-order valence-electron chi connectivity index (χ2n) is 5.93. The third kappa shape index (κ3) is 5.11. The van der Waals surface area contributed by atoms with Crippen LogP contribution in [-0.2, 0) is 6.61 Å². The lowest BCUT2D eigenvalue weighted by molar-refractivity contribution is 0.0954. The Bertz CT molecular complexity index is 954. The molecule has 0 saturated carbocycles. The topological polar surface area (TPSA) is 80.2 Å². The molecule has 0 radical (unpaired) electrons. The van der Waals surface area contributed by atoms with Gasteiger partial charge in [0.1, 0.15) is 12.4 Å². The van der Waals surface area contributed by atoms with E-state index >= 15 is 0 Å². The van der Waals surface area contributed by atoms with Crippen molar-refractivity contribution < 1.29 is 19.4 Å². The number of methoxy groups -OCH3 is 1. The Balaban J connectivity index is 1.63. The second kappa shape index (κ2) is 9.23. The van der Waals surface area contributed by atoms with Gasteiger partial charge >= 0.3 is 0 Å². The van der Waals surface area contributed by atoms with Gasteiger partial charge in [-0.2, -0.15) is 5.10 Å². The van der Waals surface area contributed by atoms with Crippen molar-refractivity contribution in [1.29, 1.82) is 0 Å². The minimum absolute atomic E-state index is 0.169. The number of nitrogens with one attached hydrogen (secondary N) is 1. The molecule has 3 aromatic rings. The van der Waals surface area contributed by atoms with Crippen LogP contribution < -0.4 is 14.9 Å². The summed E-state index contributed by atoms with van der Waals surface area (Å²) >= 11 is 0. The van der Waals surface area contributed by atoms with Gasteiger partial charge in [-0.25, -0.2) is 5.43 Å². The Kier molecular flexibility index (Phi) is 6.25. The first-order valence-corrected chi connectivity index (χ1v) is 8.63. The number of carbonyl (C=O) groups excluding carboxylic acids is 1. The molecule has 6 nitrogen and oxygen atoms in total. The molecule has 0 atom stereocenters. The number of carbonyl (C=O) groups is 1. The molecule has 142 valence electrons. The Labute approximate surface area is 163 Å². The van der Waals surface area contributed by atoms with E-state index in [0.717, 1.165) is 11.1 Å². The summed E-state index contributed by atoms with van der Waals surface area (Å²) in [4.78, 5) is 12.3. The summed E-state index contributed by atoms with van der Waals surface area (Å²) in [7, 11) is 1.52. The number of phenolic OH excluding ortho intramolecular Hbond substituents is 1. The van der Waals surface area contributed by atoms with Gasteiger partial charge in [0, 0.05) is 5.56 Å². The first-order chi connectivity index (χ1) is 13.7. The number of phenols is 1. The van der Waals surface area contributed by atoms with Gasteiger partial charge in [0.05, 0.1) is 13.3 Å². The standard InChI is InChI=1S/C22H20N2O4/c1-27-21-13-18(9-12-20(21)28-15-17-5-3-2-4-6-17)22(26)24-23-14-16-7-10-19(25)11-8-16/h2-14,25H,15H2,1H3,(H,24,26)/b23-14+. The maximum atomic E-state index is 12.3. The first-order valence-electron chi connectivity index (χ1n) is 8.63. The van der Waals surface area contributed by atoms with Crippen LogP contribution >= 0.6 is 0 Å². The lowest BCUT2D eigenvalue weighted by atomic mass is 10.2. The Morgan fingerprint density at radius 3 is 2.50 bits per heavy atom. The number of ether oxygens (including phenoxy) is 2. The van der Waals surface area contributed by atoms with E-state index in [1.54, 1.807) is 42.5 Å². The van der Waals surface area contributed by atoms with Crippen LogP contribution in [0.3, 0.4) is 0 Å². The molecule has 0 aliphatic carbocycles. The molecule has 0 saturated heterocycles. The number of hydrogen-bond donors (Lipinski definition) is 2. The SMILES string of the molecule is COc1cc(C(=O)N/N=C/c2ccc(O)cc2)ccc1OCc1ccccc1. The lowest BCUT2D eigenvalue weighted by Gasteiger charge is -2.12. The van der Waals surface area contributed by atoms with Crippen LogP contribution in [0.5, 0.6) is 17.2 Å². The Morgan fingerprint density at radius 2 is 1.79 bits per heavy atom. The maximum Gasteiger partial charge on any atom is 0.271 e. The van der Waals surface area contributed by atoms with Gasteiger partial charge in [0.15, 0.2) is 11.5 Å². The quantitative estimate of drug-likeness (QED) is 0.486. The minimum Gasteiger partial charge on any atom is -0.508 e. The van der Waals surface area contributed by atoms with E-state index in [1.807, 2.05) is 30.3 Å². The molecule has 2 N–H and O–H groups in total. The minimum atomic E-state index is -0.372.